The van der Waals surface area contributed by atoms with Crippen molar-refractivity contribution in [3.05, 3.63) is 26.0 Å². The number of fused-ring (bicyclic) bond motifs is 1. The Labute approximate surface area is 179 Å². The fourth-order valence-corrected chi connectivity index (χ4v) is 6.02. The molecule has 1 N–H and O–H groups in total. The summed E-state index contributed by atoms with van der Waals surface area (Å²) in [7, 11) is -4.06. The van der Waals surface area contributed by atoms with E-state index >= 15 is 0 Å². The third kappa shape index (κ3) is 3.51. The Bertz CT molecular complexity index is 1180. The Balaban J connectivity index is 1.85. The predicted molar refractivity (Wildman–Crippen MR) is 105 cm³/mol. The molecule has 14 heteroatoms. The first-order valence-corrected chi connectivity index (χ1v) is 11.5. The topological polar surface area (TPSA) is 89.2 Å². The quantitative estimate of drug-likeness (QED) is 0.461. The second-order valence-electron chi connectivity index (χ2n) is 6.23. The summed E-state index contributed by atoms with van der Waals surface area (Å²) in [5.74, 6) is 0.134. The Morgan fingerprint density at radius 3 is 2.68 bits per heavy atom. The maximum absolute atomic E-state index is 13.1. The standard InChI is InChI=1S/C14H10ClF3IN5O2S2/c15-7-3-6(28(25,26)23-14(5-16)1-2-14)4-24-8(7)10(19)20-11(24)13-22-21-12(27-13)9(17)18/h3-4,9,23H,1-2,5H2. The summed E-state index contributed by atoms with van der Waals surface area (Å²) in [5, 5.41) is 6.86. The van der Waals surface area contributed by atoms with E-state index in [1.54, 1.807) is 0 Å². The summed E-state index contributed by atoms with van der Waals surface area (Å²) in [5.41, 5.74) is -0.672. The Morgan fingerprint density at radius 1 is 1.39 bits per heavy atom. The van der Waals surface area contributed by atoms with Gasteiger partial charge in [0, 0.05) is 6.20 Å². The highest BCUT2D eigenvalue weighted by atomic mass is 127. The van der Waals surface area contributed by atoms with Crippen molar-refractivity contribution in [3.63, 3.8) is 0 Å². The molecule has 4 rings (SSSR count). The van der Waals surface area contributed by atoms with Gasteiger partial charge in [0.25, 0.3) is 6.43 Å². The molecule has 0 atom stereocenters. The van der Waals surface area contributed by atoms with Crippen LogP contribution in [0.3, 0.4) is 0 Å². The van der Waals surface area contributed by atoms with Gasteiger partial charge in [-0.3, -0.25) is 4.40 Å². The normalized spacial score (nSPS) is 16.2. The minimum absolute atomic E-state index is 0.0919. The summed E-state index contributed by atoms with van der Waals surface area (Å²) in [6.07, 6.45) is -0.704. The first-order valence-electron chi connectivity index (χ1n) is 7.75. The van der Waals surface area contributed by atoms with Gasteiger partial charge in [-0.2, -0.15) is 0 Å². The van der Waals surface area contributed by atoms with Crippen LogP contribution in [0.15, 0.2) is 17.2 Å². The number of imidazole rings is 1. The lowest BCUT2D eigenvalue weighted by atomic mass is 10.3. The van der Waals surface area contributed by atoms with E-state index in [0.717, 1.165) is 0 Å². The van der Waals surface area contributed by atoms with Crippen LogP contribution in [0.5, 0.6) is 0 Å². The van der Waals surface area contributed by atoms with E-state index in [9.17, 15) is 21.6 Å². The number of alkyl halides is 3. The maximum Gasteiger partial charge on any atom is 0.291 e. The van der Waals surface area contributed by atoms with Crippen LogP contribution in [0.4, 0.5) is 13.2 Å². The minimum Gasteiger partial charge on any atom is -0.294 e. The predicted octanol–water partition coefficient (Wildman–Crippen LogP) is 3.83. The molecule has 3 aromatic heterocycles. The second-order valence-corrected chi connectivity index (χ2v) is 10.4. The molecule has 3 aromatic rings. The average molecular weight is 564 g/mol. The molecule has 0 aliphatic heterocycles. The summed E-state index contributed by atoms with van der Waals surface area (Å²) in [6, 6.07) is 1.24. The van der Waals surface area contributed by atoms with Crippen molar-refractivity contribution in [1.29, 1.82) is 0 Å². The highest BCUT2D eigenvalue weighted by molar-refractivity contribution is 14.1. The van der Waals surface area contributed by atoms with Gasteiger partial charge in [-0.1, -0.05) is 22.9 Å². The molecule has 1 aliphatic rings. The van der Waals surface area contributed by atoms with Crippen molar-refractivity contribution in [3.8, 4) is 10.8 Å². The number of nitrogens with zero attached hydrogens (tertiary/aromatic N) is 4. The summed E-state index contributed by atoms with van der Waals surface area (Å²) in [4.78, 5) is 4.08. The molecule has 28 heavy (non-hydrogen) atoms. The van der Waals surface area contributed by atoms with Crippen LogP contribution < -0.4 is 4.72 Å². The van der Waals surface area contributed by atoms with Gasteiger partial charge in [0.15, 0.2) is 15.8 Å². The molecule has 0 spiro atoms. The van der Waals surface area contributed by atoms with Gasteiger partial charge < -0.3 is 0 Å². The van der Waals surface area contributed by atoms with Crippen molar-refractivity contribution >= 4 is 61.1 Å². The van der Waals surface area contributed by atoms with Crippen LogP contribution in [0.2, 0.25) is 5.02 Å². The smallest absolute Gasteiger partial charge is 0.291 e. The monoisotopic (exact) mass is 563 g/mol. The van der Waals surface area contributed by atoms with Crippen LogP contribution >= 0.6 is 45.5 Å². The van der Waals surface area contributed by atoms with E-state index < -0.39 is 33.7 Å². The zero-order valence-electron chi connectivity index (χ0n) is 13.7. The molecule has 1 fully saturated rings. The van der Waals surface area contributed by atoms with Gasteiger partial charge in [-0.05, 0) is 41.5 Å². The fourth-order valence-electron chi connectivity index (χ4n) is 2.57. The molecule has 3 heterocycles. The Morgan fingerprint density at radius 2 is 2.11 bits per heavy atom. The van der Waals surface area contributed by atoms with Crippen molar-refractivity contribution in [2.75, 3.05) is 6.67 Å². The maximum atomic E-state index is 13.1. The van der Waals surface area contributed by atoms with Crippen molar-refractivity contribution < 1.29 is 21.6 Å². The van der Waals surface area contributed by atoms with E-state index in [1.165, 1.54) is 16.7 Å². The third-order valence-electron chi connectivity index (χ3n) is 4.21. The van der Waals surface area contributed by atoms with Gasteiger partial charge in [-0.25, -0.2) is 31.3 Å². The molecule has 7 nitrogen and oxygen atoms in total. The number of pyridine rings is 1. The first-order chi connectivity index (χ1) is 13.2. The highest BCUT2D eigenvalue weighted by Gasteiger charge is 2.46. The van der Waals surface area contributed by atoms with Crippen LogP contribution in [0.25, 0.3) is 16.3 Å². The molecular formula is C14H10ClF3IN5O2S2. The summed E-state index contributed by atoms with van der Waals surface area (Å²) >= 11 is 8.81. The lowest BCUT2D eigenvalue weighted by Gasteiger charge is -2.14. The molecule has 150 valence electrons. The summed E-state index contributed by atoms with van der Waals surface area (Å²) in [6.45, 7) is -0.808. The first kappa shape index (κ1) is 20.3. The molecular weight excluding hydrogens is 554 g/mol. The third-order valence-corrected chi connectivity index (χ3v) is 7.72. The zero-order valence-corrected chi connectivity index (χ0v) is 18.2. The van der Waals surface area contributed by atoms with E-state index in [1.807, 2.05) is 22.6 Å². The van der Waals surface area contributed by atoms with E-state index in [0.29, 0.717) is 33.4 Å². The summed E-state index contributed by atoms with van der Waals surface area (Å²) < 4.78 is 68.4. The lowest BCUT2D eigenvalue weighted by molar-refractivity contribution is 0.150. The van der Waals surface area contributed by atoms with Gasteiger partial charge >= 0.3 is 0 Å². The van der Waals surface area contributed by atoms with Gasteiger partial charge in [-0.15, -0.1) is 10.2 Å². The molecule has 0 bridgehead atoms. The van der Waals surface area contributed by atoms with Crippen LogP contribution in [0, 0.1) is 3.70 Å². The van der Waals surface area contributed by atoms with Crippen molar-refractivity contribution in [2.45, 2.75) is 29.7 Å². The van der Waals surface area contributed by atoms with Crippen molar-refractivity contribution in [2.24, 2.45) is 0 Å². The molecule has 0 aromatic carbocycles. The second kappa shape index (κ2) is 7.04. The number of nitrogens with one attached hydrogen (secondary N) is 1. The van der Waals surface area contributed by atoms with E-state index in [4.69, 9.17) is 11.6 Å². The number of halogens is 5. The molecule has 0 unspecified atom stereocenters. The molecule has 0 amide bonds. The fraction of sp³-hybridized carbons (Fsp3) is 0.357. The Hall–Kier alpha value is -1.03. The number of aromatic nitrogens is 4. The zero-order chi connectivity index (χ0) is 20.3. The number of hydrogen-bond donors (Lipinski definition) is 1. The molecule has 1 aliphatic carbocycles. The number of hydrogen-bond acceptors (Lipinski definition) is 6. The van der Waals surface area contributed by atoms with E-state index in [-0.39, 0.29) is 20.8 Å². The largest absolute Gasteiger partial charge is 0.294 e. The van der Waals surface area contributed by atoms with Gasteiger partial charge in [0.05, 0.1) is 16.1 Å². The molecule has 0 saturated heterocycles. The van der Waals surface area contributed by atoms with Gasteiger partial charge in [0.2, 0.25) is 10.0 Å². The number of rotatable bonds is 6. The van der Waals surface area contributed by atoms with Crippen molar-refractivity contribution in [1.82, 2.24) is 24.3 Å². The lowest BCUT2D eigenvalue weighted by Crippen LogP contribution is -2.38. The van der Waals surface area contributed by atoms with Crippen LogP contribution in [-0.4, -0.2) is 40.2 Å². The SMILES string of the molecule is O=S(=O)(NC1(CF)CC1)c1cc(Cl)c2c(I)nc(-c3nnc(C(F)F)s3)n2c1. The van der Waals surface area contributed by atoms with Gasteiger partial charge in [0.1, 0.15) is 15.3 Å². The number of sulfonamides is 1. The molecule has 1 saturated carbocycles. The van der Waals surface area contributed by atoms with Crippen LogP contribution in [-0.2, 0) is 10.0 Å². The molecule has 0 radical (unpaired) electrons. The van der Waals surface area contributed by atoms with Crippen LogP contribution in [0.1, 0.15) is 24.3 Å². The average Bonchev–Trinajstić information content (AvgIpc) is 3.07. The Kier molecular flexibility index (Phi) is 5.09. The highest BCUT2D eigenvalue weighted by Crippen LogP contribution is 2.38. The van der Waals surface area contributed by atoms with E-state index in [2.05, 4.69) is 19.9 Å². The minimum atomic E-state index is -4.06.